The van der Waals surface area contributed by atoms with Crippen LogP contribution in [0.4, 0.5) is 0 Å². The first-order valence-corrected chi connectivity index (χ1v) is 45.4. The van der Waals surface area contributed by atoms with E-state index in [4.69, 9.17) is 122 Å². The van der Waals surface area contributed by atoms with E-state index in [0.29, 0.717) is 0 Å². The summed E-state index contributed by atoms with van der Waals surface area (Å²) >= 11 is 0. The van der Waals surface area contributed by atoms with Gasteiger partial charge in [-0.25, -0.2) is 27.4 Å². The van der Waals surface area contributed by atoms with E-state index in [2.05, 4.69) is 0 Å². The maximum Gasteiger partial charge on any atom is 0.530 e. The van der Waals surface area contributed by atoms with E-state index in [1.165, 1.54) is 146 Å². The normalized spacial score (nSPS) is 14.4. The molecule has 33 nitrogen and oxygen atoms in total. The second kappa shape index (κ2) is 39.2. The molecule has 6 aromatic rings. The highest BCUT2D eigenvalue weighted by molar-refractivity contribution is 7.79. The van der Waals surface area contributed by atoms with Crippen LogP contribution < -0.4 is 54.3 Å². The summed E-state index contributed by atoms with van der Waals surface area (Å²) in [6.45, 7) is 19.0. The van der Waals surface area contributed by atoms with Crippen molar-refractivity contribution in [3.8, 4) is 69.0 Å². The lowest BCUT2D eigenvalue weighted by Crippen LogP contribution is -2.11. The van der Waals surface area contributed by atoms with E-state index in [-0.39, 0.29) is 148 Å². The second-order valence-electron chi connectivity index (χ2n) is 19.4. The lowest BCUT2D eigenvalue weighted by atomic mass is 10.3. The van der Waals surface area contributed by atoms with Gasteiger partial charge in [-0.3, -0.25) is 54.3 Å². The van der Waals surface area contributed by atoms with Gasteiger partial charge in [-0.2, -0.15) is 0 Å². The Bertz CT molecular complexity index is 3370. The van der Waals surface area contributed by atoms with Gasteiger partial charge in [0, 0.05) is 0 Å². The summed E-state index contributed by atoms with van der Waals surface area (Å²) in [7, 11) is -39.7. The Hall–Kier alpha value is -5.49. The van der Waals surface area contributed by atoms with Crippen molar-refractivity contribution in [3.63, 3.8) is 0 Å². The lowest BCUT2D eigenvalue weighted by molar-refractivity contribution is 0.166. The van der Waals surface area contributed by atoms with Gasteiger partial charge < -0.3 is 54.3 Å². The molecule has 102 heavy (non-hydrogen) atoms. The topological polar surface area (TPSA) is 361 Å². The van der Waals surface area contributed by atoms with Gasteiger partial charge in [0.2, 0.25) is 0 Å². The molecule has 1 aliphatic heterocycles. The van der Waals surface area contributed by atoms with Crippen molar-refractivity contribution in [2.24, 2.45) is 13.5 Å². The summed E-state index contributed by atoms with van der Waals surface area (Å²) in [5, 5.41) is 0. The van der Waals surface area contributed by atoms with E-state index in [1.54, 1.807) is 83.1 Å². The number of nitrogens with zero attached hydrogens (tertiary/aromatic N) is 3. The number of phosphoric ester groups is 6. The Morgan fingerprint density at radius 1 is 0.196 bits per heavy atom. The number of rotatable bonds is 48. The fourth-order valence-electron chi connectivity index (χ4n) is 8.16. The van der Waals surface area contributed by atoms with Crippen LogP contribution in [0.25, 0.3) is 0 Å². The monoisotopic (exact) mass is 1610 g/mol. The van der Waals surface area contributed by atoms with Gasteiger partial charge >= 0.3 is 69.9 Å². The minimum atomic E-state index is -4.90. The number of phosphoric acid groups is 6. The average molecular weight is 1610 g/mol. The SMILES string of the molecule is CCOP(=O)(OCC)Oc1ccc(OP2(Oc3ccc(OP(=O)(OCC)OCC)cc3)=NP(Oc3ccc(OP(=O)(OCC)OCC)cc3)(Oc3ccc(OP(=O)(OCC)OCC)cc3)=NP(Oc3ccc(OP(=O)(OCC)OCC)cc3)(Oc3ccc(OP(=O)(OCC)OCC)cc3)=N2)cc1. The third kappa shape index (κ3) is 25.4. The Labute approximate surface area is 593 Å². The first-order chi connectivity index (χ1) is 48.8. The summed E-state index contributed by atoms with van der Waals surface area (Å²) < 4.78 is 240. The molecule has 0 aliphatic carbocycles. The van der Waals surface area contributed by atoms with Crippen LogP contribution in [0, 0.1) is 0 Å². The molecule has 0 saturated carbocycles. The standard InChI is InChI=1S/C60H84N3O30P9/c1-13-70-97(64,71-14-2)88-55-37-25-49(26-38-55)82-94(83-50-27-39-56(40-28-50)89-98(65,72-15-3)73-16-4)61-95(84-51-29-41-57(42-30-51)90-99(66,74-17-5)75-18-6,85-52-31-43-58(44-32-52)91-100(67,76-19-7)77-20-8)63-96(62-94,86-53-33-45-59(46-34-53)92-101(68,78-21-9)79-22-10)87-54-35-47-60(48-36-54)93-102(69,80-23-11)81-24-12/h25-48H,13-24H2,1-12H3. The van der Waals surface area contributed by atoms with Crippen LogP contribution in [-0.2, 0) is 81.7 Å². The lowest BCUT2D eigenvalue weighted by Gasteiger charge is -2.33. The maximum atomic E-state index is 13.7. The maximum absolute atomic E-state index is 13.7. The fraction of sp³-hybridized carbons (Fsp3) is 0.400. The van der Waals surface area contributed by atoms with Crippen LogP contribution in [0.5, 0.6) is 69.0 Å². The third-order valence-corrected chi connectivity index (χ3v) is 29.3. The zero-order chi connectivity index (χ0) is 74.0. The highest BCUT2D eigenvalue weighted by Gasteiger charge is 2.49. The molecule has 0 spiro atoms. The molecular weight excluding hydrogens is 1520 g/mol. The number of benzene rings is 6. The van der Waals surface area contributed by atoms with Crippen molar-refractivity contribution < 1.29 is 136 Å². The smallest absolute Gasteiger partial charge is 0.413 e. The van der Waals surface area contributed by atoms with E-state index >= 15 is 0 Å². The highest BCUT2D eigenvalue weighted by Crippen LogP contribution is 2.79. The van der Waals surface area contributed by atoms with Crippen molar-refractivity contribution in [2.45, 2.75) is 83.1 Å². The van der Waals surface area contributed by atoms with Crippen molar-refractivity contribution in [3.05, 3.63) is 146 Å². The van der Waals surface area contributed by atoms with Gasteiger partial charge in [-0.05, 0) is 229 Å². The molecule has 7 rings (SSSR count). The van der Waals surface area contributed by atoms with Crippen LogP contribution in [0.2, 0.25) is 0 Å². The van der Waals surface area contributed by atoms with Gasteiger partial charge in [-0.15, -0.1) is 0 Å². The zero-order valence-corrected chi connectivity index (χ0v) is 66.0. The fourth-order valence-corrected chi connectivity index (χ4v) is 24.4. The molecule has 0 radical (unpaired) electrons. The minimum absolute atomic E-state index is 0.00223. The summed E-state index contributed by atoms with van der Waals surface area (Å²) in [6.07, 6.45) is 0. The van der Waals surface area contributed by atoms with Crippen LogP contribution in [0.1, 0.15) is 83.1 Å². The Morgan fingerprint density at radius 3 is 0.392 bits per heavy atom. The summed E-state index contributed by atoms with van der Waals surface area (Å²) in [4.78, 5) is 0. The molecule has 1 aliphatic rings. The van der Waals surface area contributed by atoms with Crippen LogP contribution in [0.3, 0.4) is 0 Å². The molecule has 0 saturated heterocycles. The molecule has 564 valence electrons. The Balaban J connectivity index is 1.59. The first kappa shape index (κ1) is 83.8. The summed E-state index contributed by atoms with van der Waals surface area (Å²) in [6, 6.07) is 33.4. The summed E-state index contributed by atoms with van der Waals surface area (Å²) in [5.41, 5.74) is 0. The molecule has 0 atom stereocenters. The molecule has 1 heterocycles. The Kier molecular flexibility index (Phi) is 32.2. The predicted molar refractivity (Wildman–Crippen MR) is 379 cm³/mol. The van der Waals surface area contributed by atoms with Crippen LogP contribution in [-0.4, -0.2) is 79.3 Å². The Morgan fingerprint density at radius 2 is 0.294 bits per heavy atom. The van der Waals surface area contributed by atoms with Gasteiger partial charge in [0.15, 0.2) is 0 Å². The van der Waals surface area contributed by atoms with Crippen molar-refractivity contribution in [2.75, 3.05) is 79.3 Å². The third-order valence-electron chi connectivity index (χ3n) is 11.7. The number of hydrogen-bond acceptors (Lipinski definition) is 33. The van der Waals surface area contributed by atoms with Crippen LogP contribution >= 0.6 is 69.9 Å². The zero-order valence-electron chi connectivity index (χ0n) is 58.0. The molecule has 0 bridgehead atoms. The average Bonchev–Trinajstić information content (AvgIpc) is 0.729. The van der Waals surface area contributed by atoms with Crippen molar-refractivity contribution >= 4 is 69.9 Å². The molecule has 0 fully saturated rings. The second-order valence-corrected chi connectivity index (χ2v) is 35.1. The molecule has 0 unspecified atom stereocenters. The quantitative estimate of drug-likeness (QED) is 0.0320. The minimum Gasteiger partial charge on any atom is -0.413 e. The van der Waals surface area contributed by atoms with Gasteiger partial charge in [0.1, 0.15) is 69.0 Å². The van der Waals surface area contributed by atoms with Crippen LogP contribution in [0.15, 0.2) is 159 Å². The van der Waals surface area contributed by atoms with Crippen molar-refractivity contribution in [1.82, 2.24) is 0 Å². The molecule has 6 aromatic carbocycles. The molecule has 42 heteroatoms. The predicted octanol–water partition coefficient (Wildman–Crippen LogP) is 21.7. The first-order valence-electron chi connectivity index (χ1n) is 32.0. The highest BCUT2D eigenvalue weighted by atomic mass is 31.3. The van der Waals surface area contributed by atoms with Gasteiger partial charge in [-0.1, -0.05) is 13.5 Å². The van der Waals surface area contributed by atoms with E-state index in [9.17, 15) is 27.4 Å². The molecule has 0 N–H and O–H groups in total. The number of hydrogen-bond donors (Lipinski definition) is 0. The molecular formula is C60H84N3O30P9. The molecule has 0 aromatic heterocycles. The van der Waals surface area contributed by atoms with Crippen molar-refractivity contribution in [1.29, 1.82) is 0 Å². The van der Waals surface area contributed by atoms with Gasteiger partial charge in [0.05, 0.1) is 79.3 Å². The summed E-state index contributed by atoms with van der Waals surface area (Å²) in [5.74, 6) is -0.478. The van der Waals surface area contributed by atoms with E-state index in [1.807, 2.05) is 0 Å². The van der Waals surface area contributed by atoms with E-state index in [0.717, 1.165) is 0 Å². The van der Waals surface area contributed by atoms with Gasteiger partial charge in [0.25, 0.3) is 0 Å². The largest absolute Gasteiger partial charge is 0.530 e. The molecule has 0 amide bonds. The van der Waals surface area contributed by atoms with E-state index < -0.39 is 69.9 Å².